The van der Waals surface area contributed by atoms with E-state index < -0.39 is 0 Å². The normalized spacial score (nSPS) is 10.1. The molecule has 0 bridgehead atoms. The maximum absolute atomic E-state index is 5.72. The molecule has 14 heavy (non-hydrogen) atoms. The molecule has 0 aliphatic heterocycles. The molecular formula is C8H4Cl2N4. The molecule has 70 valence electrons. The van der Waals surface area contributed by atoms with Gasteiger partial charge in [0.05, 0.1) is 5.56 Å². The van der Waals surface area contributed by atoms with Crippen LogP contribution in [0.2, 0.25) is 10.3 Å². The zero-order valence-electron chi connectivity index (χ0n) is 6.85. The number of hydrogen-bond donors (Lipinski definition) is 0. The molecule has 0 saturated carbocycles. The van der Waals surface area contributed by atoms with Crippen LogP contribution in [-0.4, -0.2) is 19.9 Å². The Hall–Kier alpha value is -1.26. The molecule has 6 heteroatoms. The van der Waals surface area contributed by atoms with Crippen molar-refractivity contribution in [3.63, 3.8) is 0 Å². The largest absolute Gasteiger partial charge is 0.244 e. The molecule has 2 aromatic rings. The Balaban J connectivity index is 2.52. The lowest BCUT2D eigenvalue weighted by Gasteiger charge is -1.99. The second-order valence-corrected chi connectivity index (χ2v) is 3.24. The number of aromatic nitrogens is 4. The minimum absolute atomic E-state index is 0.295. The lowest BCUT2D eigenvalue weighted by Crippen LogP contribution is -1.91. The van der Waals surface area contributed by atoms with Crippen molar-refractivity contribution in [3.05, 3.63) is 35.1 Å². The highest BCUT2D eigenvalue weighted by atomic mass is 35.5. The van der Waals surface area contributed by atoms with Crippen molar-refractivity contribution < 1.29 is 0 Å². The summed E-state index contributed by atoms with van der Waals surface area (Å²) in [5, 5.41) is 0.590. The van der Waals surface area contributed by atoms with Crippen molar-refractivity contribution in [2.75, 3.05) is 0 Å². The molecule has 0 aliphatic carbocycles. The van der Waals surface area contributed by atoms with Crippen LogP contribution in [-0.2, 0) is 0 Å². The Morgan fingerprint density at radius 2 is 1.50 bits per heavy atom. The second-order valence-electron chi connectivity index (χ2n) is 2.46. The highest BCUT2D eigenvalue weighted by Crippen LogP contribution is 2.18. The summed E-state index contributed by atoms with van der Waals surface area (Å²) in [5.74, 6) is 0.420. The van der Waals surface area contributed by atoms with Gasteiger partial charge in [-0.05, 0) is 0 Å². The molecule has 0 aromatic carbocycles. The van der Waals surface area contributed by atoms with E-state index in [4.69, 9.17) is 23.2 Å². The molecule has 4 nitrogen and oxygen atoms in total. The van der Waals surface area contributed by atoms with Crippen LogP contribution in [0.3, 0.4) is 0 Å². The third-order valence-corrected chi connectivity index (χ3v) is 1.87. The van der Waals surface area contributed by atoms with Crippen LogP contribution in [0.4, 0.5) is 0 Å². The first-order chi connectivity index (χ1) is 6.75. The van der Waals surface area contributed by atoms with Gasteiger partial charge in [0, 0.05) is 18.5 Å². The van der Waals surface area contributed by atoms with E-state index in [-0.39, 0.29) is 0 Å². The molecule has 0 aliphatic rings. The molecule has 2 heterocycles. The van der Waals surface area contributed by atoms with Crippen molar-refractivity contribution in [3.8, 4) is 11.4 Å². The Bertz CT molecular complexity index is 426. The van der Waals surface area contributed by atoms with Crippen LogP contribution in [0.25, 0.3) is 11.4 Å². The van der Waals surface area contributed by atoms with Gasteiger partial charge in [-0.3, -0.25) is 0 Å². The maximum atomic E-state index is 5.72. The van der Waals surface area contributed by atoms with E-state index >= 15 is 0 Å². The van der Waals surface area contributed by atoms with Gasteiger partial charge in [0.2, 0.25) is 0 Å². The van der Waals surface area contributed by atoms with Crippen LogP contribution >= 0.6 is 23.2 Å². The Labute approximate surface area is 90.0 Å². The summed E-state index contributed by atoms with van der Waals surface area (Å²) in [6, 6.07) is 1.47. The Kier molecular flexibility index (Phi) is 2.56. The maximum Gasteiger partial charge on any atom is 0.165 e. The average molecular weight is 227 g/mol. The predicted octanol–water partition coefficient (Wildman–Crippen LogP) is 2.24. The number of halogens is 2. The predicted molar refractivity (Wildman–Crippen MR) is 53.1 cm³/mol. The van der Waals surface area contributed by atoms with Gasteiger partial charge < -0.3 is 0 Å². The van der Waals surface area contributed by atoms with Crippen LogP contribution in [0.15, 0.2) is 24.8 Å². The van der Waals surface area contributed by atoms with E-state index in [1.807, 2.05) is 0 Å². The fourth-order valence-corrected chi connectivity index (χ4v) is 1.36. The first kappa shape index (κ1) is 9.30. The third-order valence-electron chi connectivity index (χ3n) is 1.48. The van der Waals surface area contributed by atoms with Gasteiger partial charge in [-0.2, -0.15) is 0 Å². The summed E-state index contributed by atoms with van der Waals surface area (Å²) < 4.78 is 0. The van der Waals surface area contributed by atoms with Crippen LogP contribution in [0, 0.1) is 0 Å². The minimum Gasteiger partial charge on any atom is -0.244 e. The smallest absolute Gasteiger partial charge is 0.165 e. The second kappa shape index (κ2) is 3.86. The van der Waals surface area contributed by atoms with E-state index in [1.54, 1.807) is 12.4 Å². The van der Waals surface area contributed by atoms with E-state index in [9.17, 15) is 0 Å². The summed E-state index contributed by atoms with van der Waals surface area (Å²) in [5.41, 5.74) is 0.678. The van der Waals surface area contributed by atoms with Gasteiger partial charge in [-0.15, -0.1) is 0 Å². The lowest BCUT2D eigenvalue weighted by atomic mass is 10.3. The first-order valence-electron chi connectivity index (χ1n) is 3.71. The summed E-state index contributed by atoms with van der Waals surface area (Å²) >= 11 is 11.4. The molecule has 0 radical (unpaired) electrons. The Morgan fingerprint density at radius 3 is 2.07 bits per heavy atom. The quantitative estimate of drug-likeness (QED) is 0.701. The number of hydrogen-bond acceptors (Lipinski definition) is 4. The van der Waals surface area contributed by atoms with E-state index in [2.05, 4.69) is 19.9 Å². The number of rotatable bonds is 1. The SMILES string of the molecule is Clc1cc(Cl)nc(-c2cncnc2)n1. The van der Waals surface area contributed by atoms with Gasteiger partial charge in [0.1, 0.15) is 16.6 Å². The van der Waals surface area contributed by atoms with E-state index in [0.29, 0.717) is 21.7 Å². The molecule has 0 spiro atoms. The molecule has 0 saturated heterocycles. The summed E-state index contributed by atoms with van der Waals surface area (Å²) in [7, 11) is 0. The van der Waals surface area contributed by atoms with Crippen molar-refractivity contribution >= 4 is 23.2 Å². The zero-order valence-corrected chi connectivity index (χ0v) is 8.37. The van der Waals surface area contributed by atoms with Crippen molar-refractivity contribution in [1.82, 2.24) is 19.9 Å². The monoisotopic (exact) mass is 226 g/mol. The van der Waals surface area contributed by atoms with Gasteiger partial charge >= 0.3 is 0 Å². The molecule has 2 aromatic heterocycles. The molecule has 0 unspecified atom stereocenters. The average Bonchev–Trinajstić information content (AvgIpc) is 2.18. The van der Waals surface area contributed by atoms with Crippen LogP contribution in [0.5, 0.6) is 0 Å². The summed E-state index contributed by atoms with van der Waals surface area (Å²) in [6.45, 7) is 0. The first-order valence-corrected chi connectivity index (χ1v) is 4.47. The van der Waals surface area contributed by atoms with Crippen molar-refractivity contribution in [2.24, 2.45) is 0 Å². The highest BCUT2D eigenvalue weighted by molar-refractivity contribution is 6.33. The summed E-state index contributed by atoms with van der Waals surface area (Å²) in [4.78, 5) is 15.7. The fourth-order valence-electron chi connectivity index (χ4n) is 0.934. The molecular weight excluding hydrogens is 223 g/mol. The Morgan fingerprint density at radius 1 is 0.929 bits per heavy atom. The standard InChI is InChI=1S/C8H4Cl2N4/c9-6-1-7(10)14-8(13-6)5-2-11-4-12-3-5/h1-4H. The van der Waals surface area contributed by atoms with Crippen LogP contribution < -0.4 is 0 Å². The zero-order chi connectivity index (χ0) is 9.97. The lowest BCUT2D eigenvalue weighted by molar-refractivity contribution is 1.12. The van der Waals surface area contributed by atoms with Gasteiger partial charge in [-0.1, -0.05) is 23.2 Å². The number of nitrogens with zero attached hydrogens (tertiary/aromatic N) is 4. The van der Waals surface area contributed by atoms with Gasteiger partial charge in [0.15, 0.2) is 5.82 Å². The fraction of sp³-hybridized carbons (Fsp3) is 0. The topological polar surface area (TPSA) is 51.6 Å². The molecule has 0 fully saturated rings. The van der Waals surface area contributed by atoms with Crippen LogP contribution in [0.1, 0.15) is 0 Å². The minimum atomic E-state index is 0.295. The van der Waals surface area contributed by atoms with Crippen molar-refractivity contribution in [1.29, 1.82) is 0 Å². The molecule has 0 atom stereocenters. The molecule has 0 amide bonds. The molecule has 0 N–H and O–H groups in total. The third kappa shape index (κ3) is 1.97. The van der Waals surface area contributed by atoms with Gasteiger partial charge in [-0.25, -0.2) is 19.9 Å². The van der Waals surface area contributed by atoms with E-state index in [1.165, 1.54) is 12.4 Å². The van der Waals surface area contributed by atoms with E-state index in [0.717, 1.165) is 0 Å². The molecule has 2 rings (SSSR count). The van der Waals surface area contributed by atoms with Gasteiger partial charge in [0.25, 0.3) is 0 Å². The highest BCUT2D eigenvalue weighted by Gasteiger charge is 2.04. The van der Waals surface area contributed by atoms with Crippen molar-refractivity contribution in [2.45, 2.75) is 0 Å². The summed E-state index contributed by atoms with van der Waals surface area (Å²) in [6.07, 6.45) is 4.61.